The Bertz CT molecular complexity index is 1560. The van der Waals surface area contributed by atoms with Crippen molar-refractivity contribution in [2.45, 2.75) is 6.92 Å². The van der Waals surface area contributed by atoms with Crippen LogP contribution in [-0.2, 0) is 0 Å². The average Bonchev–Trinajstić information content (AvgIpc) is 3.19. The molecule has 1 aromatic heterocycles. The van der Waals surface area contributed by atoms with Gasteiger partial charge in [-0.05, 0) is 59.0 Å². The Balaban J connectivity index is 1.61. The summed E-state index contributed by atoms with van der Waals surface area (Å²) in [5.41, 5.74) is 10.0. The average molecular weight is 410 g/mol. The van der Waals surface area contributed by atoms with E-state index in [4.69, 9.17) is 0 Å². The van der Waals surface area contributed by atoms with Crippen molar-refractivity contribution in [3.05, 3.63) is 127 Å². The van der Waals surface area contributed by atoms with E-state index in [-0.39, 0.29) is 0 Å². The van der Waals surface area contributed by atoms with Crippen molar-refractivity contribution in [1.29, 1.82) is 0 Å². The lowest BCUT2D eigenvalue weighted by molar-refractivity contribution is 1.18. The Hall–Kier alpha value is -4.10. The van der Waals surface area contributed by atoms with Crippen molar-refractivity contribution in [3.8, 4) is 27.9 Å². The zero-order valence-corrected chi connectivity index (χ0v) is 18.0. The molecule has 1 heteroatoms. The molecule has 1 nitrogen and oxygen atoms in total. The smallest absolute Gasteiger partial charge is 0.0547 e. The van der Waals surface area contributed by atoms with Crippen LogP contribution in [0.3, 0.4) is 0 Å². The highest BCUT2D eigenvalue weighted by atomic mass is 15.0. The van der Waals surface area contributed by atoms with Crippen molar-refractivity contribution >= 4 is 21.8 Å². The van der Waals surface area contributed by atoms with Crippen LogP contribution in [0.4, 0.5) is 0 Å². The molecule has 0 bridgehead atoms. The van der Waals surface area contributed by atoms with E-state index in [1.807, 2.05) is 0 Å². The third kappa shape index (κ3) is 2.94. The molecule has 0 aliphatic rings. The Morgan fingerprint density at radius 1 is 0.469 bits per heavy atom. The molecule has 5 aromatic carbocycles. The predicted molar refractivity (Wildman–Crippen MR) is 136 cm³/mol. The standard InChI is InChI=1S/C31H23N/c1-22-26(23-11-4-2-5-12-23)16-10-17-27(22)24-19-20-29-28-15-8-9-18-30(28)32(31(29)21-24)25-13-6-3-7-14-25/h2-21H,1H3. The Morgan fingerprint density at radius 2 is 1.09 bits per heavy atom. The molecular weight excluding hydrogens is 386 g/mol. The maximum absolute atomic E-state index is 2.38. The van der Waals surface area contributed by atoms with Crippen LogP contribution in [0.25, 0.3) is 49.7 Å². The van der Waals surface area contributed by atoms with Crippen molar-refractivity contribution in [3.63, 3.8) is 0 Å². The van der Waals surface area contributed by atoms with Crippen LogP contribution >= 0.6 is 0 Å². The molecule has 0 aliphatic carbocycles. The molecule has 152 valence electrons. The minimum Gasteiger partial charge on any atom is -0.309 e. The molecule has 0 amide bonds. The summed E-state index contributed by atoms with van der Waals surface area (Å²) in [7, 11) is 0. The maximum Gasteiger partial charge on any atom is 0.0547 e. The largest absolute Gasteiger partial charge is 0.309 e. The molecule has 6 rings (SSSR count). The third-order valence-corrected chi connectivity index (χ3v) is 6.42. The number of nitrogens with zero attached hydrogens (tertiary/aromatic N) is 1. The number of fused-ring (bicyclic) bond motifs is 3. The van der Waals surface area contributed by atoms with Crippen molar-refractivity contribution < 1.29 is 0 Å². The fraction of sp³-hybridized carbons (Fsp3) is 0.0323. The van der Waals surface area contributed by atoms with Crippen molar-refractivity contribution in [2.75, 3.05) is 0 Å². The van der Waals surface area contributed by atoms with Crippen LogP contribution in [0.1, 0.15) is 5.56 Å². The van der Waals surface area contributed by atoms with E-state index in [1.165, 1.54) is 55.3 Å². The lowest BCUT2D eigenvalue weighted by atomic mass is 9.92. The molecule has 1 heterocycles. The molecule has 0 N–H and O–H groups in total. The third-order valence-electron chi connectivity index (χ3n) is 6.42. The summed E-state index contributed by atoms with van der Waals surface area (Å²) in [4.78, 5) is 0. The summed E-state index contributed by atoms with van der Waals surface area (Å²) in [5, 5.41) is 2.57. The van der Waals surface area contributed by atoms with Crippen molar-refractivity contribution in [1.82, 2.24) is 4.57 Å². The van der Waals surface area contributed by atoms with Gasteiger partial charge in [0.2, 0.25) is 0 Å². The van der Waals surface area contributed by atoms with E-state index in [2.05, 4.69) is 133 Å². The molecule has 0 radical (unpaired) electrons. The lowest BCUT2D eigenvalue weighted by Crippen LogP contribution is -1.94. The van der Waals surface area contributed by atoms with Crippen LogP contribution in [0.5, 0.6) is 0 Å². The molecule has 0 unspecified atom stereocenters. The molecule has 0 aliphatic heterocycles. The Labute approximate surface area is 188 Å². The quantitative estimate of drug-likeness (QED) is 0.276. The predicted octanol–water partition coefficient (Wildman–Crippen LogP) is 8.43. The van der Waals surface area contributed by atoms with Gasteiger partial charge >= 0.3 is 0 Å². The number of para-hydroxylation sites is 2. The second kappa shape index (κ2) is 7.55. The molecule has 0 spiro atoms. The van der Waals surface area contributed by atoms with Gasteiger partial charge in [-0.3, -0.25) is 0 Å². The first-order valence-electron chi connectivity index (χ1n) is 11.1. The summed E-state index contributed by atoms with van der Waals surface area (Å²) in [5.74, 6) is 0. The van der Waals surface area contributed by atoms with Gasteiger partial charge in [-0.25, -0.2) is 0 Å². The highest BCUT2D eigenvalue weighted by Gasteiger charge is 2.14. The fourth-order valence-corrected chi connectivity index (χ4v) is 4.87. The van der Waals surface area contributed by atoms with E-state index in [1.54, 1.807) is 0 Å². The highest BCUT2D eigenvalue weighted by molar-refractivity contribution is 6.10. The van der Waals surface area contributed by atoms with E-state index in [9.17, 15) is 0 Å². The van der Waals surface area contributed by atoms with E-state index in [0.717, 1.165) is 0 Å². The molecule has 0 atom stereocenters. The van der Waals surface area contributed by atoms with Gasteiger partial charge < -0.3 is 4.57 Å². The SMILES string of the molecule is Cc1c(-c2ccccc2)cccc1-c1ccc2c3ccccc3n(-c3ccccc3)c2c1. The number of rotatable bonds is 3. The maximum atomic E-state index is 2.38. The number of hydrogen-bond acceptors (Lipinski definition) is 0. The summed E-state index contributed by atoms with van der Waals surface area (Å²) in [6.07, 6.45) is 0. The topological polar surface area (TPSA) is 4.93 Å². The second-order valence-corrected chi connectivity index (χ2v) is 8.26. The summed E-state index contributed by atoms with van der Waals surface area (Å²) >= 11 is 0. The normalized spacial score (nSPS) is 11.3. The number of hydrogen-bond donors (Lipinski definition) is 0. The van der Waals surface area contributed by atoms with E-state index >= 15 is 0 Å². The van der Waals surface area contributed by atoms with Crippen LogP contribution < -0.4 is 0 Å². The molecule has 32 heavy (non-hydrogen) atoms. The molecular formula is C31H23N. The summed E-state index contributed by atoms with van der Waals surface area (Å²) < 4.78 is 2.38. The van der Waals surface area contributed by atoms with Gasteiger partial charge in [0.1, 0.15) is 0 Å². The van der Waals surface area contributed by atoms with Crippen LogP contribution in [0.15, 0.2) is 121 Å². The summed E-state index contributed by atoms with van der Waals surface area (Å²) in [6.45, 7) is 2.23. The molecule has 0 fully saturated rings. The van der Waals surface area contributed by atoms with E-state index < -0.39 is 0 Å². The Morgan fingerprint density at radius 3 is 1.88 bits per heavy atom. The first-order valence-corrected chi connectivity index (χ1v) is 11.1. The van der Waals surface area contributed by atoms with Crippen molar-refractivity contribution in [2.24, 2.45) is 0 Å². The zero-order chi connectivity index (χ0) is 21.5. The van der Waals surface area contributed by atoms with Gasteiger partial charge in [0.15, 0.2) is 0 Å². The van der Waals surface area contributed by atoms with Gasteiger partial charge in [0.05, 0.1) is 11.0 Å². The van der Waals surface area contributed by atoms with Crippen LogP contribution in [0.2, 0.25) is 0 Å². The van der Waals surface area contributed by atoms with Gasteiger partial charge in [-0.2, -0.15) is 0 Å². The number of aromatic nitrogens is 1. The van der Waals surface area contributed by atoms with Gasteiger partial charge in [-0.15, -0.1) is 0 Å². The minimum atomic E-state index is 1.19. The highest BCUT2D eigenvalue weighted by Crippen LogP contribution is 2.37. The first kappa shape index (κ1) is 18.7. The van der Waals surface area contributed by atoms with Crippen LogP contribution in [0, 0.1) is 6.92 Å². The van der Waals surface area contributed by atoms with Gasteiger partial charge in [-0.1, -0.05) is 97.1 Å². The summed E-state index contributed by atoms with van der Waals surface area (Å²) in [6, 6.07) is 43.5. The monoisotopic (exact) mass is 409 g/mol. The minimum absolute atomic E-state index is 1.19. The molecule has 0 saturated heterocycles. The Kier molecular flexibility index (Phi) is 4.40. The molecule has 0 saturated carbocycles. The zero-order valence-electron chi connectivity index (χ0n) is 18.0. The first-order chi connectivity index (χ1) is 15.8. The van der Waals surface area contributed by atoms with E-state index in [0.29, 0.717) is 0 Å². The van der Waals surface area contributed by atoms with Gasteiger partial charge in [0, 0.05) is 16.5 Å². The lowest BCUT2D eigenvalue weighted by Gasteiger charge is -2.13. The number of benzene rings is 5. The molecule has 6 aromatic rings. The fourth-order valence-electron chi connectivity index (χ4n) is 4.87. The van der Waals surface area contributed by atoms with Crippen LogP contribution in [-0.4, -0.2) is 4.57 Å². The van der Waals surface area contributed by atoms with Gasteiger partial charge in [0.25, 0.3) is 0 Å². The second-order valence-electron chi connectivity index (χ2n) is 8.26.